The van der Waals surface area contributed by atoms with E-state index in [0.29, 0.717) is 0 Å². The number of hydrogen-bond donors (Lipinski definition) is 9. The molecule has 13 N–H and O–H groups in total. The molecule has 39 heavy (non-hydrogen) atoms. The molecule has 1 aromatic rings. The number of carbonyl (C=O) groups excluding carboxylic acids is 1. The number of ether oxygens (including phenoxy) is 5. The zero-order chi connectivity index (χ0) is 28.4. The summed E-state index contributed by atoms with van der Waals surface area (Å²) in [5.74, 6) is -0.752. The van der Waals surface area contributed by atoms with E-state index < -0.39 is 98.2 Å². The summed E-state index contributed by atoms with van der Waals surface area (Å²) in [7, 11) is 0. The van der Waals surface area contributed by atoms with Gasteiger partial charge < -0.3 is 72.2 Å². The predicted molar refractivity (Wildman–Crippen MR) is 131 cm³/mol. The molecular weight excluding hydrogens is 520 g/mol. The van der Waals surface area contributed by atoms with Crippen LogP contribution in [0.15, 0.2) is 30.3 Å². The van der Waals surface area contributed by atoms with Crippen LogP contribution in [0.3, 0.4) is 0 Å². The maximum absolute atomic E-state index is 12.7. The number of benzene rings is 1. The van der Waals surface area contributed by atoms with E-state index in [-0.39, 0.29) is 18.5 Å². The Morgan fingerprint density at radius 3 is 2.08 bits per heavy atom. The van der Waals surface area contributed by atoms with E-state index in [1.807, 2.05) is 0 Å². The molecule has 2 heterocycles. The summed E-state index contributed by atoms with van der Waals surface area (Å²) in [4.78, 5) is 12.7. The Balaban J connectivity index is 1.52. The van der Waals surface area contributed by atoms with E-state index in [4.69, 9.17) is 46.6 Å². The van der Waals surface area contributed by atoms with Crippen molar-refractivity contribution in [3.8, 4) is 0 Å². The van der Waals surface area contributed by atoms with Crippen molar-refractivity contribution in [1.82, 2.24) is 0 Å². The van der Waals surface area contributed by atoms with Crippen molar-refractivity contribution in [2.24, 2.45) is 22.9 Å². The quantitative estimate of drug-likeness (QED) is 0.135. The van der Waals surface area contributed by atoms with Crippen molar-refractivity contribution in [2.45, 2.75) is 92.1 Å². The largest absolute Gasteiger partial charge is 0.450 e. The third-order valence-corrected chi connectivity index (χ3v) is 7.35. The Bertz CT molecular complexity index is 948. The van der Waals surface area contributed by atoms with Crippen molar-refractivity contribution < 1.29 is 54.0 Å². The second-order valence-electron chi connectivity index (χ2n) is 10.0. The van der Waals surface area contributed by atoms with E-state index in [1.165, 1.54) is 12.1 Å². The van der Waals surface area contributed by atoms with Crippen molar-refractivity contribution in [3.05, 3.63) is 35.9 Å². The lowest BCUT2D eigenvalue weighted by Gasteiger charge is -2.47. The van der Waals surface area contributed by atoms with Gasteiger partial charge in [0.2, 0.25) is 0 Å². The first-order valence-electron chi connectivity index (χ1n) is 12.7. The molecule has 0 bridgehead atoms. The van der Waals surface area contributed by atoms with Gasteiger partial charge in [-0.2, -0.15) is 0 Å². The van der Waals surface area contributed by atoms with Gasteiger partial charge in [-0.15, -0.1) is 0 Å². The molecule has 0 amide bonds. The van der Waals surface area contributed by atoms with Crippen LogP contribution in [-0.4, -0.2) is 130 Å². The lowest BCUT2D eigenvalue weighted by atomic mass is 9.84. The number of rotatable bonds is 8. The molecule has 15 nitrogen and oxygen atoms in total. The second-order valence-corrected chi connectivity index (χ2v) is 10.0. The molecular formula is C24H38N4O11. The summed E-state index contributed by atoms with van der Waals surface area (Å²) in [5, 5.41) is 52.1. The van der Waals surface area contributed by atoms with Crippen LogP contribution < -0.4 is 22.9 Å². The van der Waals surface area contributed by atoms with E-state index >= 15 is 0 Å². The summed E-state index contributed by atoms with van der Waals surface area (Å²) in [6.45, 7) is -0.790. The van der Waals surface area contributed by atoms with Gasteiger partial charge in [0.05, 0.1) is 24.3 Å². The Hall–Kier alpha value is -1.83. The van der Waals surface area contributed by atoms with Crippen LogP contribution in [0.4, 0.5) is 0 Å². The fourth-order valence-corrected chi connectivity index (χ4v) is 5.06. The molecule has 0 radical (unpaired) electrons. The van der Waals surface area contributed by atoms with Crippen LogP contribution in [0.2, 0.25) is 0 Å². The Labute approximate surface area is 224 Å². The van der Waals surface area contributed by atoms with Gasteiger partial charge in [0.15, 0.2) is 18.7 Å². The number of hydrogen-bond acceptors (Lipinski definition) is 15. The minimum Gasteiger partial charge on any atom is -0.450 e. The standard InChI is InChI=1S/C24H38N4O11/c25-7-12-16(31)21(37-22(34)9-4-2-1-3-5-9)24(35-12)39-20-14(28)23(36-13(8-29)17(20)32)38-19-11(27)6-10(26)15(30)18(19)33/h1-5,10-21,23-24,29-33H,6-8,25-28H2/t10-,11?,12-,13?,14+,15-,16+,17-,18?,19-,20?,21?,23-,24+/m1/s1. The predicted octanol–water partition coefficient (Wildman–Crippen LogP) is -4.79. The van der Waals surface area contributed by atoms with E-state index in [9.17, 15) is 30.3 Å². The van der Waals surface area contributed by atoms with E-state index in [2.05, 4.69) is 0 Å². The highest BCUT2D eigenvalue weighted by atomic mass is 16.7. The summed E-state index contributed by atoms with van der Waals surface area (Å²) >= 11 is 0. The van der Waals surface area contributed by atoms with Crippen LogP contribution in [0.1, 0.15) is 16.8 Å². The molecule has 1 aliphatic carbocycles. The summed E-state index contributed by atoms with van der Waals surface area (Å²) in [6.07, 6.45) is -14.3. The SMILES string of the molecule is NC[C@H]1O[C@@H](OC2[C@H](O)C(CO)O[C@H](O[C@@H]3C(N)C[C@@H](N)[C@@H](O)C3O)[C@H]2N)C(OC(=O)c2ccccc2)[C@H]1O. The molecule has 1 saturated carbocycles. The number of aliphatic hydroxyl groups is 5. The minimum absolute atomic E-state index is 0.129. The number of carbonyl (C=O) groups is 1. The van der Waals surface area contributed by atoms with Crippen molar-refractivity contribution in [3.63, 3.8) is 0 Å². The maximum atomic E-state index is 12.7. The highest BCUT2D eigenvalue weighted by Crippen LogP contribution is 2.32. The van der Waals surface area contributed by atoms with Gasteiger partial charge in [0.1, 0.15) is 42.7 Å². The van der Waals surface area contributed by atoms with Crippen LogP contribution >= 0.6 is 0 Å². The van der Waals surface area contributed by atoms with Gasteiger partial charge in [0, 0.05) is 18.6 Å². The van der Waals surface area contributed by atoms with Gasteiger partial charge >= 0.3 is 5.97 Å². The lowest BCUT2D eigenvalue weighted by molar-refractivity contribution is -0.316. The summed E-state index contributed by atoms with van der Waals surface area (Å²) in [5.41, 5.74) is 24.2. The topological polar surface area (TPSA) is 268 Å². The van der Waals surface area contributed by atoms with Gasteiger partial charge in [-0.3, -0.25) is 0 Å². The van der Waals surface area contributed by atoms with Crippen molar-refractivity contribution in [1.29, 1.82) is 0 Å². The normalized spacial score (nSPS) is 44.7. The van der Waals surface area contributed by atoms with E-state index in [0.717, 1.165) is 0 Å². The average molecular weight is 559 g/mol. The number of esters is 1. The molecule has 220 valence electrons. The zero-order valence-corrected chi connectivity index (χ0v) is 21.1. The molecule has 2 aliphatic heterocycles. The average Bonchev–Trinajstić information content (AvgIpc) is 3.22. The minimum atomic E-state index is -1.50. The molecule has 2 saturated heterocycles. The van der Waals surface area contributed by atoms with Crippen molar-refractivity contribution in [2.75, 3.05) is 13.2 Å². The van der Waals surface area contributed by atoms with E-state index in [1.54, 1.807) is 18.2 Å². The lowest BCUT2D eigenvalue weighted by Crippen LogP contribution is -2.68. The van der Waals surface area contributed by atoms with Crippen LogP contribution in [0, 0.1) is 0 Å². The molecule has 3 fully saturated rings. The van der Waals surface area contributed by atoms with Gasteiger partial charge in [0.25, 0.3) is 0 Å². The maximum Gasteiger partial charge on any atom is 0.338 e. The Morgan fingerprint density at radius 1 is 0.821 bits per heavy atom. The zero-order valence-electron chi connectivity index (χ0n) is 21.1. The third kappa shape index (κ3) is 6.25. The molecule has 14 atom stereocenters. The first kappa shape index (κ1) is 30.1. The number of aliphatic hydroxyl groups excluding tert-OH is 5. The molecule has 3 aliphatic rings. The molecule has 1 aromatic carbocycles. The molecule has 5 unspecified atom stereocenters. The third-order valence-electron chi connectivity index (χ3n) is 7.35. The highest BCUT2D eigenvalue weighted by Gasteiger charge is 2.53. The first-order chi connectivity index (χ1) is 18.6. The second kappa shape index (κ2) is 12.8. The summed E-state index contributed by atoms with van der Waals surface area (Å²) in [6, 6.07) is 5.26. The van der Waals surface area contributed by atoms with Crippen LogP contribution in [-0.2, 0) is 23.7 Å². The molecule has 0 aromatic heterocycles. The first-order valence-corrected chi connectivity index (χ1v) is 12.7. The Kier molecular flexibility index (Phi) is 9.87. The van der Waals surface area contributed by atoms with Crippen LogP contribution in [0.25, 0.3) is 0 Å². The van der Waals surface area contributed by atoms with Gasteiger partial charge in [-0.25, -0.2) is 4.79 Å². The molecule has 0 spiro atoms. The Morgan fingerprint density at radius 2 is 1.44 bits per heavy atom. The molecule has 4 rings (SSSR count). The molecule has 15 heteroatoms. The summed E-state index contributed by atoms with van der Waals surface area (Å²) < 4.78 is 28.6. The van der Waals surface area contributed by atoms with Crippen LogP contribution in [0.5, 0.6) is 0 Å². The van der Waals surface area contributed by atoms with Gasteiger partial charge in [-0.1, -0.05) is 18.2 Å². The fraction of sp³-hybridized carbons (Fsp3) is 0.708. The highest BCUT2D eigenvalue weighted by molar-refractivity contribution is 5.89. The monoisotopic (exact) mass is 558 g/mol. The van der Waals surface area contributed by atoms with Crippen molar-refractivity contribution >= 4 is 5.97 Å². The van der Waals surface area contributed by atoms with Gasteiger partial charge in [-0.05, 0) is 18.6 Å². The smallest absolute Gasteiger partial charge is 0.338 e. The fourth-order valence-electron chi connectivity index (χ4n) is 5.06. The number of nitrogens with two attached hydrogens (primary N) is 4.